The zero-order valence-corrected chi connectivity index (χ0v) is 13.6. The maximum absolute atomic E-state index is 12.6. The van der Waals surface area contributed by atoms with Gasteiger partial charge in [0.1, 0.15) is 6.61 Å². The van der Waals surface area contributed by atoms with Crippen LogP contribution in [0.4, 0.5) is 5.69 Å². The second kappa shape index (κ2) is 6.62. The van der Waals surface area contributed by atoms with Crippen LogP contribution in [0.15, 0.2) is 40.9 Å². The van der Waals surface area contributed by atoms with Gasteiger partial charge in [0, 0.05) is 19.2 Å². The average Bonchev–Trinajstić information content (AvgIpc) is 3.17. The van der Waals surface area contributed by atoms with E-state index in [1.807, 2.05) is 6.07 Å². The van der Waals surface area contributed by atoms with Gasteiger partial charge in [0.05, 0.1) is 10.9 Å². The molecule has 1 aliphatic heterocycles. The molecule has 1 aromatic carbocycles. The number of nitrogens with zero attached hydrogens (tertiary/aromatic N) is 2. The monoisotopic (exact) mass is 351 g/mol. The fourth-order valence-corrected chi connectivity index (χ4v) is 4.42. The summed E-state index contributed by atoms with van der Waals surface area (Å²) in [6.45, 7) is 0.0145. The molecule has 2 heterocycles. The van der Waals surface area contributed by atoms with Crippen LogP contribution in [0, 0.1) is 0 Å². The lowest BCUT2D eigenvalue weighted by molar-refractivity contribution is 0.0944. The fraction of sp³-hybridized carbons (Fsp3) is 0.333. The number of aromatic nitrogens is 1. The number of hydrogen-bond acceptors (Lipinski definition) is 6. The summed E-state index contributed by atoms with van der Waals surface area (Å²) in [5.41, 5.74) is 0.629. The molecule has 1 saturated heterocycles. The van der Waals surface area contributed by atoms with Crippen LogP contribution in [-0.2, 0) is 16.6 Å². The van der Waals surface area contributed by atoms with E-state index >= 15 is 0 Å². The first-order chi connectivity index (χ1) is 11.5. The van der Waals surface area contributed by atoms with Crippen molar-refractivity contribution in [3.8, 4) is 0 Å². The number of anilines is 1. The summed E-state index contributed by atoms with van der Waals surface area (Å²) >= 11 is 0. The Morgan fingerprint density at radius 3 is 2.79 bits per heavy atom. The first-order valence-corrected chi connectivity index (χ1v) is 8.94. The number of benzene rings is 1. The molecule has 1 aliphatic rings. The third-order valence-electron chi connectivity index (χ3n) is 3.86. The summed E-state index contributed by atoms with van der Waals surface area (Å²) in [5.74, 6) is -0.365. The molecule has 24 heavy (non-hydrogen) atoms. The predicted molar refractivity (Wildman–Crippen MR) is 85.9 cm³/mol. The number of amides is 1. The number of aliphatic hydroxyl groups is 1. The number of rotatable bonds is 5. The van der Waals surface area contributed by atoms with Gasteiger partial charge in [0.2, 0.25) is 10.0 Å². The number of carbonyl (C=O) groups is 1. The van der Waals surface area contributed by atoms with Crippen LogP contribution < -0.4 is 9.62 Å². The van der Waals surface area contributed by atoms with Crippen molar-refractivity contribution in [3.63, 3.8) is 0 Å². The van der Waals surface area contributed by atoms with E-state index in [9.17, 15) is 13.2 Å². The van der Waals surface area contributed by atoms with Crippen molar-refractivity contribution in [3.05, 3.63) is 47.9 Å². The van der Waals surface area contributed by atoms with Crippen LogP contribution >= 0.6 is 0 Å². The maximum Gasteiger partial charge on any atom is 0.273 e. The molecule has 1 unspecified atom stereocenters. The van der Waals surface area contributed by atoms with Gasteiger partial charge in [-0.15, -0.1) is 0 Å². The Balaban J connectivity index is 1.65. The first kappa shape index (κ1) is 16.5. The standard InChI is InChI=1S/C15H17N3O5S/c19-10-12-8-14(17-23-12)15(20)16-9-13-6-7-18(24(13,21)22)11-4-2-1-3-5-11/h1-5,8,13,19H,6-7,9-10H2,(H,16,20). The zero-order valence-electron chi connectivity index (χ0n) is 12.8. The number of aliphatic hydroxyl groups excluding tert-OH is 1. The lowest BCUT2D eigenvalue weighted by Gasteiger charge is -2.19. The Kier molecular flexibility index (Phi) is 4.54. The number of sulfonamides is 1. The van der Waals surface area contributed by atoms with E-state index in [1.54, 1.807) is 24.3 Å². The van der Waals surface area contributed by atoms with Crippen molar-refractivity contribution in [2.24, 2.45) is 0 Å². The molecule has 1 atom stereocenters. The molecule has 0 bridgehead atoms. The van der Waals surface area contributed by atoms with E-state index in [4.69, 9.17) is 9.63 Å². The number of hydrogen-bond donors (Lipinski definition) is 2. The molecule has 0 radical (unpaired) electrons. The molecular formula is C15H17N3O5S. The molecule has 0 spiro atoms. The van der Waals surface area contributed by atoms with Crippen molar-refractivity contribution in [2.75, 3.05) is 17.4 Å². The van der Waals surface area contributed by atoms with Crippen molar-refractivity contribution in [1.29, 1.82) is 0 Å². The van der Waals surface area contributed by atoms with Crippen LogP contribution in [0.2, 0.25) is 0 Å². The van der Waals surface area contributed by atoms with Gasteiger partial charge in [0.15, 0.2) is 11.5 Å². The van der Waals surface area contributed by atoms with Gasteiger partial charge in [-0.25, -0.2) is 8.42 Å². The molecule has 128 valence electrons. The average molecular weight is 351 g/mol. The minimum Gasteiger partial charge on any atom is -0.388 e. The lowest BCUT2D eigenvalue weighted by Crippen LogP contribution is -2.37. The van der Waals surface area contributed by atoms with Crippen molar-refractivity contribution >= 4 is 21.6 Å². The lowest BCUT2D eigenvalue weighted by atomic mass is 10.2. The van der Waals surface area contributed by atoms with E-state index in [1.165, 1.54) is 10.4 Å². The van der Waals surface area contributed by atoms with Crippen molar-refractivity contribution in [2.45, 2.75) is 18.3 Å². The van der Waals surface area contributed by atoms with Gasteiger partial charge in [0.25, 0.3) is 5.91 Å². The van der Waals surface area contributed by atoms with Crippen LogP contribution in [0.5, 0.6) is 0 Å². The molecule has 2 aromatic rings. The molecule has 2 N–H and O–H groups in total. The van der Waals surface area contributed by atoms with Crippen LogP contribution in [-0.4, -0.2) is 42.9 Å². The molecule has 1 aromatic heterocycles. The van der Waals surface area contributed by atoms with Gasteiger partial charge in [-0.1, -0.05) is 23.4 Å². The predicted octanol–water partition coefficient (Wildman–Crippen LogP) is 0.505. The molecule has 3 rings (SSSR count). The van der Waals surface area contributed by atoms with E-state index in [2.05, 4.69) is 10.5 Å². The summed E-state index contributed by atoms with van der Waals surface area (Å²) in [4.78, 5) is 12.0. The highest BCUT2D eigenvalue weighted by molar-refractivity contribution is 7.93. The van der Waals surface area contributed by atoms with Gasteiger partial charge in [-0.3, -0.25) is 9.10 Å². The number of carbonyl (C=O) groups excluding carboxylic acids is 1. The van der Waals surface area contributed by atoms with Gasteiger partial charge in [-0.2, -0.15) is 0 Å². The fourth-order valence-electron chi connectivity index (χ4n) is 2.59. The molecule has 1 amide bonds. The number of nitrogens with one attached hydrogen (secondary N) is 1. The normalized spacial score (nSPS) is 19.4. The first-order valence-electron chi connectivity index (χ1n) is 7.43. The van der Waals surface area contributed by atoms with Crippen molar-refractivity contribution in [1.82, 2.24) is 10.5 Å². The highest BCUT2D eigenvalue weighted by atomic mass is 32.2. The Morgan fingerprint density at radius 1 is 1.38 bits per heavy atom. The van der Waals surface area contributed by atoms with Crippen molar-refractivity contribution < 1.29 is 22.8 Å². The van der Waals surface area contributed by atoms with E-state index in [0.717, 1.165) is 0 Å². The van der Waals surface area contributed by atoms with Gasteiger partial charge in [-0.05, 0) is 18.6 Å². The largest absolute Gasteiger partial charge is 0.388 e. The third-order valence-corrected chi connectivity index (χ3v) is 6.12. The Labute approximate surface area is 139 Å². The topological polar surface area (TPSA) is 113 Å². The maximum atomic E-state index is 12.6. The van der Waals surface area contributed by atoms with Crippen LogP contribution in [0.1, 0.15) is 22.7 Å². The SMILES string of the molecule is O=C(NCC1CCN(c2ccccc2)S1(=O)=O)c1cc(CO)on1. The highest BCUT2D eigenvalue weighted by Gasteiger charge is 2.39. The summed E-state index contributed by atoms with van der Waals surface area (Å²) < 4.78 is 31.3. The molecule has 0 saturated carbocycles. The van der Waals surface area contributed by atoms with Crippen LogP contribution in [0.3, 0.4) is 0 Å². The molecular weight excluding hydrogens is 334 g/mol. The molecule has 0 aliphatic carbocycles. The molecule has 9 heteroatoms. The summed E-state index contributed by atoms with van der Waals surface area (Å²) in [6.07, 6.45) is 0.429. The second-order valence-electron chi connectivity index (χ2n) is 5.41. The molecule has 1 fully saturated rings. The Bertz CT molecular complexity index is 819. The third kappa shape index (κ3) is 3.13. The summed E-state index contributed by atoms with van der Waals surface area (Å²) in [5, 5.41) is 14.3. The minimum atomic E-state index is -3.52. The summed E-state index contributed by atoms with van der Waals surface area (Å²) in [6, 6.07) is 10.2. The Hall–Kier alpha value is -2.39. The highest BCUT2D eigenvalue weighted by Crippen LogP contribution is 2.28. The van der Waals surface area contributed by atoms with Gasteiger partial charge < -0.3 is 14.9 Å². The zero-order chi connectivity index (χ0) is 17.2. The van der Waals surface area contributed by atoms with Crippen LogP contribution in [0.25, 0.3) is 0 Å². The summed E-state index contributed by atoms with van der Waals surface area (Å²) in [7, 11) is -3.52. The second-order valence-corrected chi connectivity index (χ2v) is 7.55. The van der Waals surface area contributed by atoms with E-state index in [-0.39, 0.29) is 24.6 Å². The van der Waals surface area contributed by atoms with E-state index < -0.39 is 21.2 Å². The minimum absolute atomic E-state index is 0.00812. The number of para-hydroxylation sites is 1. The smallest absolute Gasteiger partial charge is 0.273 e. The molecule has 8 nitrogen and oxygen atoms in total. The quantitative estimate of drug-likeness (QED) is 0.811. The Morgan fingerprint density at radius 2 is 2.12 bits per heavy atom. The van der Waals surface area contributed by atoms with E-state index in [0.29, 0.717) is 18.7 Å². The van der Waals surface area contributed by atoms with Gasteiger partial charge >= 0.3 is 0 Å².